The number of carbonyl (C=O) groups excluding carboxylic acids is 2. The smallest absolute Gasteiger partial charge is 0.227 e. The number of nitrogens with zero attached hydrogens (tertiary/aromatic N) is 1. The first-order valence-corrected chi connectivity index (χ1v) is 11.4. The van der Waals surface area contributed by atoms with Crippen LogP contribution in [-0.2, 0) is 16.0 Å². The van der Waals surface area contributed by atoms with Crippen LogP contribution in [0.3, 0.4) is 0 Å². The number of hydrogen-bond acceptors (Lipinski definition) is 5. The van der Waals surface area contributed by atoms with Crippen LogP contribution in [0.2, 0.25) is 0 Å². The van der Waals surface area contributed by atoms with Crippen molar-refractivity contribution in [3.8, 4) is 17.2 Å². The van der Waals surface area contributed by atoms with Crippen LogP contribution in [0.25, 0.3) is 0 Å². The van der Waals surface area contributed by atoms with Gasteiger partial charge in [0.05, 0.1) is 33.7 Å². The third-order valence-electron chi connectivity index (χ3n) is 6.15. The average molecular weight is 455 g/mol. The number of benzene rings is 2. The molecule has 0 unspecified atom stereocenters. The van der Waals surface area contributed by atoms with Gasteiger partial charge in [-0.15, -0.1) is 0 Å². The molecule has 1 N–H and O–H groups in total. The molecule has 33 heavy (non-hydrogen) atoms. The highest BCUT2D eigenvalue weighted by molar-refractivity contribution is 5.84. The van der Waals surface area contributed by atoms with E-state index in [0.29, 0.717) is 43.3 Å². The van der Waals surface area contributed by atoms with Crippen molar-refractivity contribution in [2.45, 2.75) is 32.1 Å². The molecule has 1 saturated heterocycles. The van der Waals surface area contributed by atoms with Crippen LogP contribution in [0.1, 0.15) is 36.8 Å². The first-order valence-electron chi connectivity index (χ1n) is 11.4. The maximum absolute atomic E-state index is 13.1. The van der Waals surface area contributed by atoms with Gasteiger partial charge in [-0.2, -0.15) is 0 Å². The van der Waals surface area contributed by atoms with Crippen LogP contribution in [0, 0.1) is 5.92 Å². The van der Waals surface area contributed by atoms with E-state index in [1.54, 1.807) is 26.2 Å². The topological polar surface area (TPSA) is 77.1 Å². The molecule has 0 saturated carbocycles. The van der Waals surface area contributed by atoms with Crippen molar-refractivity contribution in [1.29, 1.82) is 0 Å². The number of hydrogen-bond donors (Lipinski definition) is 1. The predicted molar refractivity (Wildman–Crippen MR) is 127 cm³/mol. The molecule has 0 spiro atoms. The molecular formula is C26H34N2O5. The van der Waals surface area contributed by atoms with Gasteiger partial charge in [-0.1, -0.05) is 43.7 Å². The van der Waals surface area contributed by atoms with Crippen molar-refractivity contribution in [1.82, 2.24) is 10.2 Å². The summed E-state index contributed by atoms with van der Waals surface area (Å²) >= 11 is 0. The minimum atomic E-state index is -0.357. The largest absolute Gasteiger partial charge is 0.493 e. The highest BCUT2D eigenvalue weighted by Gasteiger charge is 2.41. The maximum atomic E-state index is 13.1. The predicted octanol–water partition coefficient (Wildman–Crippen LogP) is 3.41. The molecule has 0 bridgehead atoms. The molecular weight excluding hydrogens is 420 g/mol. The number of rotatable bonds is 10. The molecule has 7 heteroatoms. The van der Waals surface area contributed by atoms with E-state index in [1.807, 2.05) is 42.5 Å². The summed E-state index contributed by atoms with van der Waals surface area (Å²) in [5.74, 6) is 1.02. The highest BCUT2D eigenvalue weighted by atomic mass is 16.5. The van der Waals surface area contributed by atoms with Crippen molar-refractivity contribution >= 4 is 11.8 Å². The summed E-state index contributed by atoms with van der Waals surface area (Å²) in [5, 5.41) is 3.05. The van der Waals surface area contributed by atoms with Gasteiger partial charge in [-0.25, -0.2) is 0 Å². The Kier molecular flexibility index (Phi) is 8.58. The molecule has 0 aliphatic carbocycles. The van der Waals surface area contributed by atoms with Gasteiger partial charge in [-0.3, -0.25) is 9.59 Å². The first-order chi connectivity index (χ1) is 16.0. The van der Waals surface area contributed by atoms with Crippen molar-refractivity contribution in [2.24, 2.45) is 5.92 Å². The summed E-state index contributed by atoms with van der Waals surface area (Å²) in [6, 6.07) is 13.4. The van der Waals surface area contributed by atoms with E-state index in [2.05, 4.69) is 12.2 Å². The lowest BCUT2D eigenvalue weighted by Crippen LogP contribution is -2.36. The Morgan fingerprint density at radius 3 is 2.24 bits per heavy atom. The first kappa shape index (κ1) is 24.4. The Morgan fingerprint density at radius 1 is 1.00 bits per heavy atom. The molecule has 178 valence electrons. The van der Waals surface area contributed by atoms with E-state index in [9.17, 15) is 9.59 Å². The Labute approximate surface area is 196 Å². The molecule has 1 aliphatic rings. The number of carbonyl (C=O) groups is 2. The van der Waals surface area contributed by atoms with E-state index in [0.717, 1.165) is 24.0 Å². The van der Waals surface area contributed by atoms with Crippen molar-refractivity contribution in [3.63, 3.8) is 0 Å². The molecule has 1 heterocycles. The summed E-state index contributed by atoms with van der Waals surface area (Å²) in [6.45, 7) is 3.55. The Hall–Kier alpha value is -3.22. The molecule has 3 rings (SSSR count). The Balaban J connectivity index is 1.89. The molecule has 1 fully saturated rings. The normalized spacial score (nSPS) is 17.5. The second-order valence-electron chi connectivity index (χ2n) is 8.28. The van der Waals surface area contributed by atoms with Crippen LogP contribution >= 0.6 is 0 Å². The SMILES string of the molecule is CCCCNC(=O)[C@H]1CN(C(=O)Cc2ccccc2)C[C@H]1c1cc(OC)c(OC)c(OC)c1. The molecule has 0 radical (unpaired) electrons. The van der Waals surface area contributed by atoms with Gasteiger partial charge < -0.3 is 24.4 Å². The number of amides is 2. The highest BCUT2D eigenvalue weighted by Crippen LogP contribution is 2.43. The summed E-state index contributed by atoms with van der Waals surface area (Å²) < 4.78 is 16.5. The summed E-state index contributed by atoms with van der Waals surface area (Å²) in [5.41, 5.74) is 1.85. The van der Waals surface area contributed by atoms with E-state index >= 15 is 0 Å². The molecule has 2 atom stereocenters. The van der Waals surface area contributed by atoms with Crippen molar-refractivity contribution in [3.05, 3.63) is 53.6 Å². The zero-order valence-corrected chi connectivity index (χ0v) is 19.9. The quantitative estimate of drug-likeness (QED) is 0.557. The Bertz CT molecular complexity index is 922. The Morgan fingerprint density at radius 2 is 1.67 bits per heavy atom. The van der Waals surface area contributed by atoms with Crippen LogP contribution in [0.5, 0.6) is 17.2 Å². The summed E-state index contributed by atoms with van der Waals surface area (Å²) in [7, 11) is 4.70. The average Bonchev–Trinajstić information content (AvgIpc) is 3.29. The third-order valence-corrected chi connectivity index (χ3v) is 6.15. The van der Waals surface area contributed by atoms with Crippen LogP contribution in [-0.4, -0.2) is 57.7 Å². The fourth-order valence-electron chi connectivity index (χ4n) is 4.33. The number of nitrogens with one attached hydrogen (secondary N) is 1. The van der Waals surface area contributed by atoms with E-state index in [1.165, 1.54) is 0 Å². The van der Waals surface area contributed by atoms with E-state index in [-0.39, 0.29) is 23.7 Å². The molecule has 2 aromatic rings. The fraction of sp³-hybridized carbons (Fsp3) is 0.462. The monoisotopic (exact) mass is 454 g/mol. The molecule has 7 nitrogen and oxygen atoms in total. The van der Waals surface area contributed by atoms with Gasteiger partial charge in [0, 0.05) is 25.6 Å². The lowest BCUT2D eigenvalue weighted by Gasteiger charge is -2.21. The summed E-state index contributed by atoms with van der Waals surface area (Å²) in [4.78, 5) is 28.0. The van der Waals surface area contributed by atoms with Crippen molar-refractivity contribution in [2.75, 3.05) is 41.0 Å². The lowest BCUT2D eigenvalue weighted by atomic mass is 9.88. The minimum Gasteiger partial charge on any atom is -0.493 e. The molecule has 1 aliphatic heterocycles. The zero-order chi connectivity index (χ0) is 23.8. The van der Waals surface area contributed by atoms with Gasteiger partial charge in [-0.05, 0) is 29.7 Å². The van der Waals surface area contributed by atoms with Gasteiger partial charge >= 0.3 is 0 Å². The fourth-order valence-corrected chi connectivity index (χ4v) is 4.33. The standard InChI is InChI=1S/C26H34N2O5/c1-5-6-12-27-26(30)21-17-28(24(29)13-18-10-8-7-9-11-18)16-20(21)19-14-22(31-2)25(33-4)23(15-19)32-3/h7-11,14-15,20-21H,5-6,12-13,16-17H2,1-4H3,(H,27,30)/t20-,21-/m0/s1. The van der Waals surface area contributed by atoms with Crippen LogP contribution in [0.4, 0.5) is 0 Å². The third kappa shape index (κ3) is 5.78. The van der Waals surface area contributed by atoms with Gasteiger partial charge in [0.15, 0.2) is 11.5 Å². The second kappa shape index (κ2) is 11.6. The van der Waals surface area contributed by atoms with E-state index in [4.69, 9.17) is 14.2 Å². The van der Waals surface area contributed by atoms with Gasteiger partial charge in [0.2, 0.25) is 17.6 Å². The second-order valence-corrected chi connectivity index (χ2v) is 8.28. The van der Waals surface area contributed by atoms with Crippen LogP contribution in [0.15, 0.2) is 42.5 Å². The van der Waals surface area contributed by atoms with Crippen molar-refractivity contribution < 1.29 is 23.8 Å². The van der Waals surface area contributed by atoms with Gasteiger partial charge in [0.25, 0.3) is 0 Å². The molecule has 0 aromatic heterocycles. The molecule has 2 amide bonds. The van der Waals surface area contributed by atoms with Crippen LogP contribution < -0.4 is 19.5 Å². The summed E-state index contributed by atoms with van der Waals surface area (Å²) in [6.07, 6.45) is 2.24. The number of ether oxygens (including phenoxy) is 3. The number of methoxy groups -OCH3 is 3. The number of unbranched alkanes of at least 4 members (excludes halogenated alkanes) is 1. The van der Waals surface area contributed by atoms with E-state index < -0.39 is 0 Å². The van der Waals surface area contributed by atoms with Gasteiger partial charge in [0.1, 0.15) is 0 Å². The lowest BCUT2D eigenvalue weighted by molar-refractivity contribution is -0.130. The molecule has 2 aromatic carbocycles. The number of likely N-dealkylation sites (tertiary alicyclic amines) is 1. The maximum Gasteiger partial charge on any atom is 0.227 e. The zero-order valence-electron chi connectivity index (χ0n) is 19.9. The minimum absolute atomic E-state index is 0.0162.